The van der Waals surface area contributed by atoms with Gasteiger partial charge in [0.2, 0.25) is 5.91 Å². The molecule has 6 heteroatoms. The summed E-state index contributed by atoms with van der Waals surface area (Å²) in [6.45, 7) is 7.70. The number of para-hydroxylation sites is 2. The molecule has 2 aromatic carbocycles. The van der Waals surface area contributed by atoms with E-state index in [1.165, 1.54) is 18.4 Å². The van der Waals surface area contributed by atoms with E-state index in [-0.39, 0.29) is 18.9 Å². The molecule has 1 heterocycles. The van der Waals surface area contributed by atoms with E-state index in [4.69, 9.17) is 9.84 Å². The normalized spacial score (nSPS) is 12.5. The number of allylic oxidation sites excluding steroid dienone is 1. The molecule has 0 saturated carbocycles. The maximum absolute atomic E-state index is 12.7. The van der Waals surface area contributed by atoms with Crippen molar-refractivity contribution in [1.82, 2.24) is 4.57 Å². The molecular weight excluding hydrogens is 428 g/mol. The van der Waals surface area contributed by atoms with E-state index in [2.05, 4.69) is 54.2 Å². The molecule has 0 bridgehead atoms. The van der Waals surface area contributed by atoms with Crippen LogP contribution in [0.1, 0.15) is 52.0 Å². The third kappa shape index (κ3) is 6.98. The molecule has 1 unspecified atom stereocenters. The van der Waals surface area contributed by atoms with E-state index in [9.17, 15) is 9.59 Å². The molecule has 0 aliphatic carbocycles. The average Bonchev–Trinajstić information content (AvgIpc) is 3.19. The van der Waals surface area contributed by atoms with E-state index < -0.39 is 5.97 Å². The molecule has 1 amide bonds. The first-order valence-corrected chi connectivity index (χ1v) is 11.9. The van der Waals surface area contributed by atoms with Gasteiger partial charge in [0.25, 0.3) is 0 Å². The van der Waals surface area contributed by atoms with Gasteiger partial charge in [-0.05, 0) is 67.2 Å². The SMILES string of the molecule is CCCC(C)Cn1ccc2cc(C(C)=CC(=O)Nc3ccccc3OCCCC(=O)O)ccc21. The molecule has 2 N–H and O–H groups in total. The van der Waals surface area contributed by atoms with Crippen LogP contribution in [0.5, 0.6) is 5.75 Å². The predicted molar refractivity (Wildman–Crippen MR) is 137 cm³/mol. The number of aromatic nitrogens is 1. The van der Waals surface area contributed by atoms with Crippen molar-refractivity contribution in [3.05, 3.63) is 66.4 Å². The van der Waals surface area contributed by atoms with Crippen molar-refractivity contribution >= 4 is 34.0 Å². The number of carbonyl (C=O) groups excluding carboxylic acids is 1. The number of carboxylic acid groups (broad SMARTS) is 1. The third-order valence-electron chi connectivity index (χ3n) is 5.80. The summed E-state index contributed by atoms with van der Waals surface area (Å²) in [5, 5.41) is 12.8. The molecule has 0 aliphatic heterocycles. The maximum Gasteiger partial charge on any atom is 0.303 e. The van der Waals surface area contributed by atoms with E-state index in [1.54, 1.807) is 18.2 Å². The minimum atomic E-state index is -0.855. The number of aliphatic carboxylic acids is 1. The Labute approximate surface area is 201 Å². The lowest BCUT2D eigenvalue weighted by Gasteiger charge is -2.13. The molecule has 0 aliphatic rings. The second-order valence-electron chi connectivity index (χ2n) is 8.79. The number of fused-ring (bicyclic) bond motifs is 1. The van der Waals surface area contributed by atoms with Gasteiger partial charge in [-0.15, -0.1) is 0 Å². The zero-order chi connectivity index (χ0) is 24.5. The van der Waals surface area contributed by atoms with Crippen LogP contribution in [0.15, 0.2) is 60.8 Å². The van der Waals surface area contributed by atoms with Crippen LogP contribution in [-0.2, 0) is 16.1 Å². The summed E-state index contributed by atoms with van der Waals surface area (Å²) in [6.07, 6.45) is 6.58. The Hall–Kier alpha value is -3.54. The first-order chi connectivity index (χ1) is 16.4. The van der Waals surface area contributed by atoms with Gasteiger partial charge < -0.3 is 19.7 Å². The van der Waals surface area contributed by atoms with Crippen molar-refractivity contribution in [2.45, 2.75) is 53.0 Å². The number of carbonyl (C=O) groups is 2. The van der Waals surface area contributed by atoms with Crippen molar-refractivity contribution < 1.29 is 19.4 Å². The van der Waals surface area contributed by atoms with Crippen LogP contribution >= 0.6 is 0 Å². The van der Waals surface area contributed by atoms with Gasteiger partial charge in [-0.1, -0.05) is 38.5 Å². The number of hydrogen-bond acceptors (Lipinski definition) is 3. The number of benzene rings is 2. The molecular formula is C28H34N2O4. The van der Waals surface area contributed by atoms with Gasteiger partial charge in [0.1, 0.15) is 5.75 Å². The van der Waals surface area contributed by atoms with Gasteiger partial charge in [-0.2, -0.15) is 0 Å². The van der Waals surface area contributed by atoms with E-state index >= 15 is 0 Å². The summed E-state index contributed by atoms with van der Waals surface area (Å²) in [4.78, 5) is 23.4. The molecule has 6 nitrogen and oxygen atoms in total. The van der Waals surface area contributed by atoms with Crippen LogP contribution in [0, 0.1) is 5.92 Å². The fraction of sp³-hybridized carbons (Fsp3) is 0.357. The first kappa shape index (κ1) is 25.1. The summed E-state index contributed by atoms with van der Waals surface area (Å²) >= 11 is 0. The van der Waals surface area contributed by atoms with Crippen LogP contribution in [0.3, 0.4) is 0 Å². The summed E-state index contributed by atoms with van der Waals surface area (Å²) in [5.41, 5.74) is 3.63. The highest BCUT2D eigenvalue weighted by molar-refractivity contribution is 6.04. The van der Waals surface area contributed by atoms with Crippen molar-refractivity contribution in [1.29, 1.82) is 0 Å². The fourth-order valence-electron chi connectivity index (χ4n) is 4.07. The number of carboxylic acids is 1. The van der Waals surface area contributed by atoms with Crippen LogP contribution in [0.2, 0.25) is 0 Å². The van der Waals surface area contributed by atoms with E-state index in [0.717, 1.165) is 23.1 Å². The van der Waals surface area contributed by atoms with Crippen molar-refractivity contribution in [2.75, 3.05) is 11.9 Å². The maximum atomic E-state index is 12.7. The van der Waals surface area contributed by atoms with Gasteiger partial charge >= 0.3 is 5.97 Å². The Morgan fingerprint density at radius 1 is 1.18 bits per heavy atom. The standard InChI is InChI=1S/C28H34N2O4/c1-4-8-20(2)19-30-15-14-23-18-22(12-13-25(23)30)21(3)17-27(31)29-24-9-5-6-10-26(24)34-16-7-11-28(32)33/h5-6,9-10,12-15,17-18,20H,4,7-8,11,16,19H2,1-3H3,(H,29,31)(H,32,33). The van der Waals surface area contributed by atoms with E-state index in [0.29, 0.717) is 23.8 Å². The highest BCUT2D eigenvalue weighted by atomic mass is 16.5. The minimum absolute atomic E-state index is 0.0436. The van der Waals surface area contributed by atoms with Crippen LogP contribution in [0.25, 0.3) is 16.5 Å². The molecule has 180 valence electrons. The largest absolute Gasteiger partial charge is 0.491 e. The number of ether oxygens (including phenoxy) is 1. The molecule has 0 spiro atoms. The number of anilines is 1. The number of hydrogen-bond donors (Lipinski definition) is 2. The Morgan fingerprint density at radius 3 is 2.74 bits per heavy atom. The second-order valence-corrected chi connectivity index (χ2v) is 8.79. The minimum Gasteiger partial charge on any atom is -0.491 e. The molecule has 34 heavy (non-hydrogen) atoms. The Bertz CT molecular complexity index is 1160. The molecule has 3 rings (SSSR count). The predicted octanol–water partition coefficient (Wildman–Crippen LogP) is 6.36. The van der Waals surface area contributed by atoms with Gasteiger partial charge in [0, 0.05) is 36.1 Å². The first-order valence-electron chi connectivity index (χ1n) is 11.9. The van der Waals surface area contributed by atoms with Gasteiger partial charge in [0.05, 0.1) is 12.3 Å². The van der Waals surface area contributed by atoms with Crippen molar-refractivity contribution in [3.63, 3.8) is 0 Å². The third-order valence-corrected chi connectivity index (χ3v) is 5.80. The van der Waals surface area contributed by atoms with Crippen LogP contribution in [0.4, 0.5) is 5.69 Å². The topological polar surface area (TPSA) is 80.6 Å². The molecule has 0 saturated heterocycles. The Kier molecular flexibility index (Phi) is 8.91. The number of nitrogens with zero attached hydrogens (tertiary/aromatic N) is 1. The summed E-state index contributed by atoms with van der Waals surface area (Å²) < 4.78 is 7.97. The number of rotatable bonds is 12. The lowest BCUT2D eigenvalue weighted by molar-refractivity contribution is -0.137. The molecule has 0 fully saturated rings. The van der Waals surface area contributed by atoms with Gasteiger partial charge in [-0.3, -0.25) is 9.59 Å². The van der Waals surface area contributed by atoms with Crippen LogP contribution < -0.4 is 10.1 Å². The zero-order valence-corrected chi connectivity index (χ0v) is 20.2. The van der Waals surface area contributed by atoms with Crippen molar-refractivity contribution in [3.8, 4) is 5.75 Å². The summed E-state index contributed by atoms with van der Waals surface area (Å²) in [6, 6.07) is 15.6. The number of amides is 1. The number of nitrogens with one attached hydrogen (secondary N) is 1. The Morgan fingerprint density at radius 2 is 1.97 bits per heavy atom. The lowest BCUT2D eigenvalue weighted by Crippen LogP contribution is -2.11. The highest BCUT2D eigenvalue weighted by Crippen LogP contribution is 2.26. The summed E-state index contributed by atoms with van der Waals surface area (Å²) in [5.74, 6) is 0.0544. The summed E-state index contributed by atoms with van der Waals surface area (Å²) in [7, 11) is 0. The quantitative estimate of drug-likeness (QED) is 0.242. The van der Waals surface area contributed by atoms with Crippen LogP contribution in [-0.4, -0.2) is 28.2 Å². The van der Waals surface area contributed by atoms with Gasteiger partial charge in [0.15, 0.2) is 0 Å². The Balaban J connectivity index is 1.67. The molecule has 0 radical (unpaired) electrons. The van der Waals surface area contributed by atoms with Gasteiger partial charge in [-0.25, -0.2) is 0 Å². The molecule has 1 atom stereocenters. The van der Waals surface area contributed by atoms with E-state index in [1.807, 2.05) is 19.1 Å². The smallest absolute Gasteiger partial charge is 0.303 e. The zero-order valence-electron chi connectivity index (χ0n) is 20.2. The monoisotopic (exact) mass is 462 g/mol. The highest BCUT2D eigenvalue weighted by Gasteiger charge is 2.10. The fourth-order valence-corrected chi connectivity index (χ4v) is 4.07. The lowest BCUT2D eigenvalue weighted by atomic mass is 10.0. The molecule has 3 aromatic rings. The second kappa shape index (κ2) is 12.1. The average molecular weight is 463 g/mol. The van der Waals surface area contributed by atoms with Crippen molar-refractivity contribution in [2.24, 2.45) is 5.92 Å². The molecule has 1 aromatic heterocycles.